The Bertz CT molecular complexity index is 716. The molecule has 2 atom stereocenters. The number of benzene rings is 2. The summed E-state index contributed by atoms with van der Waals surface area (Å²) < 4.78 is 135. The van der Waals surface area contributed by atoms with Gasteiger partial charge in [0.25, 0.3) is 0 Å². The summed E-state index contributed by atoms with van der Waals surface area (Å²) in [6, 6.07) is 10.1. The lowest BCUT2D eigenvalue weighted by Crippen LogP contribution is -2.44. The highest BCUT2D eigenvalue weighted by atomic mass is 32.2. The Balaban J connectivity index is 2.63. The number of alkyl halides is 10. The van der Waals surface area contributed by atoms with Crippen LogP contribution in [0.15, 0.2) is 60.7 Å². The summed E-state index contributed by atoms with van der Waals surface area (Å²) in [5.41, 5.74) is -1.47. The van der Waals surface area contributed by atoms with Crippen LogP contribution in [0.25, 0.3) is 0 Å². The Labute approximate surface area is 162 Å². The molecule has 0 amide bonds. The van der Waals surface area contributed by atoms with Crippen molar-refractivity contribution in [1.29, 1.82) is 0 Å². The predicted octanol–water partition coefficient (Wildman–Crippen LogP) is 7.60. The molecule has 2 rings (SSSR count). The Kier molecular flexibility index (Phi) is 6.51. The topological polar surface area (TPSA) is 0 Å². The van der Waals surface area contributed by atoms with Crippen molar-refractivity contribution in [2.24, 2.45) is 0 Å². The van der Waals surface area contributed by atoms with Gasteiger partial charge in [0.1, 0.15) is 10.5 Å². The van der Waals surface area contributed by atoms with Gasteiger partial charge in [-0.05, 0) is 11.1 Å². The van der Waals surface area contributed by atoms with Crippen LogP contribution in [0.2, 0.25) is 0 Å². The molecule has 0 saturated heterocycles. The minimum absolute atomic E-state index is 0.737. The average molecular weight is 450 g/mol. The molecular formula is C18H12F10S. The molecule has 0 spiro atoms. The molecule has 0 aliphatic heterocycles. The van der Waals surface area contributed by atoms with Gasteiger partial charge in [-0.3, -0.25) is 0 Å². The molecule has 0 aliphatic rings. The largest absolute Gasteiger partial charge is 0.454 e. The van der Waals surface area contributed by atoms with E-state index < -0.39 is 57.6 Å². The lowest BCUT2D eigenvalue weighted by molar-refractivity contribution is -0.286. The summed E-state index contributed by atoms with van der Waals surface area (Å²) in [4.78, 5) is 0. The maximum Gasteiger partial charge on any atom is 0.454 e. The van der Waals surface area contributed by atoms with E-state index in [0.29, 0.717) is 0 Å². The van der Waals surface area contributed by atoms with Gasteiger partial charge < -0.3 is 0 Å². The standard InChI is InChI=1S/C18H12F10S/c19-15(20,17(23,24)25)13(11-7-3-1-4-8-11)29-14(12-9-5-2-6-10-12)16(21,22)18(26,27)28/h1-10,13-14H. The number of halogens is 10. The van der Waals surface area contributed by atoms with Gasteiger partial charge in [0.15, 0.2) is 0 Å². The summed E-state index contributed by atoms with van der Waals surface area (Å²) in [5.74, 6) is -11.2. The summed E-state index contributed by atoms with van der Waals surface area (Å²) in [5, 5.41) is -6.08. The van der Waals surface area contributed by atoms with Crippen LogP contribution in [-0.2, 0) is 0 Å². The fourth-order valence-corrected chi connectivity index (χ4v) is 3.95. The fourth-order valence-electron chi connectivity index (χ4n) is 2.44. The van der Waals surface area contributed by atoms with E-state index in [4.69, 9.17) is 0 Å². The number of thioether (sulfide) groups is 1. The second kappa shape index (κ2) is 8.08. The van der Waals surface area contributed by atoms with E-state index in [9.17, 15) is 43.9 Å². The van der Waals surface area contributed by atoms with Gasteiger partial charge >= 0.3 is 24.2 Å². The number of hydrogen-bond donors (Lipinski definition) is 0. The molecule has 0 aliphatic carbocycles. The molecule has 2 aromatic rings. The van der Waals surface area contributed by atoms with Gasteiger partial charge in [-0.15, -0.1) is 11.8 Å². The highest BCUT2D eigenvalue weighted by Gasteiger charge is 2.67. The smallest absolute Gasteiger partial charge is 0.195 e. The highest BCUT2D eigenvalue weighted by molar-refractivity contribution is 7.99. The van der Waals surface area contributed by atoms with Crippen molar-refractivity contribution >= 4 is 11.8 Å². The van der Waals surface area contributed by atoms with Gasteiger partial charge in [0.2, 0.25) is 0 Å². The predicted molar refractivity (Wildman–Crippen MR) is 88.0 cm³/mol. The van der Waals surface area contributed by atoms with E-state index in [0.717, 1.165) is 48.5 Å². The minimum Gasteiger partial charge on any atom is -0.195 e. The molecule has 0 N–H and O–H groups in total. The number of hydrogen-bond acceptors (Lipinski definition) is 1. The van der Waals surface area contributed by atoms with Crippen molar-refractivity contribution in [2.75, 3.05) is 0 Å². The second-order valence-corrected chi connectivity index (χ2v) is 7.17. The number of rotatable bonds is 6. The first-order chi connectivity index (χ1) is 13.2. The summed E-state index contributed by atoms with van der Waals surface area (Å²) in [7, 11) is 0. The lowest BCUT2D eigenvalue weighted by atomic mass is 10.1. The molecule has 29 heavy (non-hydrogen) atoms. The molecule has 0 fully saturated rings. The molecule has 0 aromatic heterocycles. The van der Waals surface area contributed by atoms with Crippen LogP contribution in [0, 0.1) is 0 Å². The third-order valence-electron chi connectivity index (χ3n) is 3.89. The first-order valence-corrected chi connectivity index (χ1v) is 8.78. The molecule has 0 bridgehead atoms. The third kappa shape index (κ3) is 4.81. The molecule has 2 unspecified atom stereocenters. The lowest BCUT2D eigenvalue weighted by Gasteiger charge is -2.35. The van der Waals surface area contributed by atoms with Crippen LogP contribution >= 0.6 is 11.8 Å². The van der Waals surface area contributed by atoms with Gasteiger partial charge in [-0.2, -0.15) is 43.9 Å². The molecule has 0 radical (unpaired) electrons. The summed E-state index contributed by atoms with van der Waals surface area (Å²) in [6.45, 7) is 0. The maximum absolute atomic E-state index is 14.2. The van der Waals surface area contributed by atoms with Crippen LogP contribution in [0.4, 0.5) is 43.9 Å². The third-order valence-corrected chi connectivity index (χ3v) is 5.57. The summed E-state index contributed by atoms with van der Waals surface area (Å²) in [6.07, 6.45) is -12.3. The van der Waals surface area contributed by atoms with Crippen LogP contribution in [0.3, 0.4) is 0 Å². The first-order valence-electron chi connectivity index (χ1n) is 7.84. The molecule has 160 valence electrons. The molecule has 11 heteroatoms. The van der Waals surface area contributed by atoms with Crippen molar-refractivity contribution in [3.63, 3.8) is 0 Å². The zero-order chi connectivity index (χ0) is 22.1. The van der Waals surface area contributed by atoms with E-state index >= 15 is 0 Å². The Morgan fingerprint density at radius 3 is 1.00 bits per heavy atom. The molecular weight excluding hydrogens is 438 g/mol. The van der Waals surface area contributed by atoms with Gasteiger partial charge in [-0.25, -0.2) is 0 Å². The monoisotopic (exact) mass is 450 g/mol. The Hall–Kier alpha value is -1.91. The SMILES string of the molecule is FC(F)(F)C(F)(F)C(SC(c1ccccc1)C(F)(F)C(F)(F)F)c1ccccc1. The van der Waals surface area contributed by atoms with E-state index in [1.807, 2.05) is 0 Å². The van der Waals surface area contributed by atoms with Crippen molar-refractivity contribution < 1.29 is 43.9 Å². The normalized spacial score (nSPS) is 15.8. The van der Waals surface area contributed by atoms with Gasteiger partial charge in [0, 0.05) is 0 Å². The highest BCUT2D eigenvalue weighted by Crippen LogP contribution is 2.60. The quantitative estimate of drug-likeness (QED) is 0.409. The van der Waals surface area contributed by atoms with Gasteiger partial charge in [0.05, 0.1) is 0 Å². The zero-order valence-corrected chi connectivity index (χ0v) is 14.9. The van der Waals surface area contributed by atoms with Crippen LogP contribution in [-0.4, -0.2) is 24.2 Å². The van der Waals surface area contributed by atoms with Crippen molar-refractivity contribution in [1.82, 2.24) is 0 Å². The van der Waals surface area contributed by atoms with Crippen LogP contribution in [0.1, 0.15) is 21.6 Å². The summed E-state index contributed by atoms with van der Waals surface area (Å²) >= 11 is -0.776. The van der Waals surface area contributed by atoms with Crippen molar-refractivity contribution in [3.05, 3.63) is 71.8 Å². The maximum atomic E-state index is 14.2. The minimum atomic E-state index is -6.17. The van der Waals surface area contributed by atoms with E-state index in [-0.39, 0.29) is 0 Å². The zero-order valence-electron chi connectivity index (χ0n) is 14.1. The van der Waals surface area contributed by atoms with Crippen molar-refractivity contribution in [3.8, 4) is 0 Å². The molecule has 0 heterocycles. The van der Waals surface area contributed by atoms with Crippen molar-refractivity contribution in [2.45, 2.75) is 34.7 Å². The van der Waals surface area contributed by atoms with E-state index in [1.54, 1.807) is 0 Å². The second-order valence-electron chi connectivity index (χ2n) is 5.96. The van der Waals surface area contributed by atoms with Crippen LogP contribution < -0.4 is 0 Å². The first kappa shape index (κ1) is 23.4. The van der Waals surface area contributed by atoms with E-state index in [2.05, 4.69) is 0 Å². The molecule has 0 nitrogen and oxygen atoms in total. The van der Waals surface area contributed by atoms with E-state index in [1.165, 1.54) is 12.1 Å². The Morgan fingerprint density at radius 2 is 0.759 bits per heavy atom. The average Bonchev–Trinajstić information content (AvgIpc) is 2.61. The fraction of sp³-hybridized carbons (Fsp3) is 0.333. The molecule has 0 saturated carbocycles. The van der Waals surface area contributed by atoms with Gasteiger partial charge in [-0.1, -0.05) is 60.7 Å². The van der Waals surface area contributed by atoms with Crippen LogP contribution in [0.5, 0.6) is 0 Å². The molecule has 2 aromatic carbocycles. The Morgan fingerprint density at radius 1 is 0.483 bits per heavy atom.